The van der Waals surface area contributed by atoms with Crippen molar-refractivity contribution in [3.05, 3.63) is 50.7 Å². The third kappa shape index (κ3) is 2.87. The smallest absolute Gasteiger partial charge is 0.273 e. The lowest BCUT2D eigenvalue weighted by molar-refractivity contribution is -0.384. The van der Waals surface area contributed by atoms with Crippen molar-refractivity contribution < 1.29 is 14.5 Å². The van der Waals surface area contributed by atoms with Gasteiger partial charge in [-0.3, -0.25) is 14.9 Å². The fraction of sp³-hybridized carbons (Fsp3) is 0.353. The van der Waals surface area contributed by atoms with E-state index in [1.807, 2.05) is 17.5 Å². The quantitative estimate of drug-likeness (QED) is 0.652. The standard InChI is InChI=1S/C17H18N2O4S/c1-23-14-11-12(19(21)22)6-7-13(14)18-16(20)17(8-2-3-9-17)15-5-4-10-24-15/h4-7,10-11H,2-3,8-9H2,1H3,(H,18,20). The van der Waals surface area contributed by atoms with Crippen molar-refractivity contribution in [2.75, 3.05) is 12.4 Å². The van der Waals surface area contributed by atoms with Crippen LogP contribution in [-0.4, -0.2) is 17.9 Å². The SMILES string of the molecule is COc1cc([N+](=O)[O-])ccc1NC(=O)C1(c2cccs2)CCCC1. The number of thiophene rings is 1. The van der Waals surface area contributed by atoms with E-state index in [1.165, 1.54) is 25.3 Å². The molecule has 24 heavy (non-hydrogen) atoms. The Morgan fingerprint density at radius 2 is 2.08 bits per heavy atom. The number of rotatable bonds is 5. The molecule has 1 heterocycles. The molecule has 126 valence electrons. The van der Waals surface area contributed by atoms with Crippen LogP contribution in [0, 0.1) is 10.1 Å². The third-order valence-electron chi connectivity index (χ3n) is 4.53. The zero-order chi connectivity index (χ0) is 17.2. The topological polar surface area (TPSA) is 81.5 Å². The number of hydrogen-bond donors (Lipinski definition) is 1. The van der Waals surface area contributed by atoms with Crippen LogP contribution in [0.4, 0.5) is 11.4 Å². The lowest BCUT2D eigenvalue weighted by Gasteiger charge is -2.27. The van der Waals surface area contributed by atoms with Gasteiger partial charge in [0.2, 0.25) is 5.91 Å². The molecular formula is C17H18N2O4S. The van der Waals surface area contributed by atoms with Gasteiger partial charge < -0.3 is 10.1 Å². The second-order valence-corrected chi connectivity index (χ2v) is 6.81. The molecule has 1 amide bonds. The Hall–Kier alpha value is -2.41. The first-order valence-corrected chi connectivity index (χ1v) is 8.63. The zero-order valence-corrected chi connectivity index (χ0v) is 14.1. The lowest BCUT2D eigenvalue weighted by Crippen LogP contribution is -2.37. The summed E-state index contributed by atoms with van der Waals surface area (Å²) in [5.41, 5.74) is -0.129. The highest BCUT2D eigenvalue weighted by Gasteiger charge is 2.43. The largest absolute Gasteiger partial charge is 0.494 e. The third-order valence-corrected chi connectivity index (χ3v) is 5.60. The van der Waals surface area contributed by atoms with Gasteiger partial charge in [-0.15, -0.1) is 11.3 Å². The molecule has 1 aliphatic carbocycles. The Morgan fingerprint density at radius 3 is 2.67 bits per heavy atom. The number of non-ortho nitro benzene ring substituents is 1. The molecule has 0 spiro atoms. The first kappa shape index (κ1) is 16.4. The van der Waals surface area contributed by atoms with Crippen molar-refractivity contribution in [1.82, 2.24) is 0 Å². The second kappa shape index (κ2) is 6.60. The Morgan fingerprint density at radius 1 is 1.33 bits per heavy atom. The van der Waals surface area contributed by atoms with Crippen molar-refractivity contribution in [1.29, 1.82) is 0 Å². The number of nitrogens with zero attached hydrogens (tertiary/aromatic N) is 1. The summed E-state index contributed by atoms with van der Waals surface area (Å²) < 4.78 is 5.21. The van der Waals surface area contributed by atoms with Crippen LogP contribution in [0.15, 0.2) is 35.7 Å². The van der Waals surface area contributed by atoms with Gasteiger partial charge in [0, 0.05) is 10.9 Å². The van der Waals surface area contributed by atoms with Crippen molar-refractivity contribution in [3.8, 4) is 5.75 Å². The van der Waals surface area contributed by atoms with Crippen LogP contribution in [0.3, 0.4) is 0 Å². The highest BCUT2D eigenvalue weighted by atomic mass is 32.1. The molecule has 0 bridgehead atoms. The van der Waals surface area contributed by atoms with Crippen LogP contribution in [0.5, 0.6) is 5.75 Å². The number of methoxy groups -OCH3 is 1. The molecule has 1 saturated carbocycles. The molecule has 1 aliphatic rings. The molecular weight excluding hydrogens is 328 g/mol. The van der Waals surface area contributed by atoms with Crippen LogP contribution >= 0.6 is 11.3 Å². The minimum absolute atomic E-state index is 0.0707. The minimum Gasteiger partial charge on any atom is -0.494 e. The Bertz CT molecular complexity index is 752. The molecule has 7 heteroatoms. The molecule has 1 aromatic heterocycles. The van der Waals surface area contributed by atoms with Gasteiger partial charge in [-0.05, 0) is 30.4 Å². The number of nitrogens with one attached hydrogen (secondary N) is 1. The second-order valence-electron chi connectivity index (χ2n) is 5.86. The van der Waals surface area contributed by atoms with E-state index in [0.717, 1.165) is 30.6 Å². The van der Waals surface area contributed by atoms with Gasteiger partial charge in [0.15, 0.2) is 0 Å². The first-order valence-electron chi connectivity index (χ1n) is 7.75. The Labute approximate surface area is 143 Å². The molecule has 0 unspecified atom stereocenters. The van der Waals surface area contributed by atoms with E-state index in [-0.39, 0.29) is 17.3 Å². The van der Waals surface area contributed by atoms with Gasteiger partial charge in [-0.25, -0.2) is 0 Å². The summed E-state index contributed by atoms with van der Waals surface area (Å²) in [6, 6.07) is 8.17. The van der Waals surface area contributed by atoms with Crippen LogP contribution in [-0.2, 0) is 10.2 Å². The lowest BCUT2D eigenvalue weighted by atomic mass is 9.83. The van der Waals surface area contributed by atoms with Gasteiger partial charge in [-0.2, -0.15) is 0 Å². The van der Waals surface area contributed by atoms with E-state index in [9.17, 15) is 14.9 Å². The van der Waals surface area contributed by atoms with Gasteiger partial charge in [-0.1, -0.05) is 18.9 Å². The molecule has 0 atom stereocenters. The summed E-state index contributed by atoms with van der Waals surface area (Å²) in [5.74, 6) is 0.214. The molecule has 0 aliphatic heterocycles. The molecule has 0 saturated heterocycles. The maximum atomic E-state index is 13.0. The van der Waals surface area contributed by atoms with Gasteiger partial charge in [0.25, 0.3) is 5.69 Å². The number of benzene rings is 1. The van der Waals surface area contributed by atoms with E-state index in [0.29, 0.717) is 5.69 Å². The van der Waals surface area contributed by atoms with Crippen molar-refractivity contribution >= 4 is 28.6 Å². The number of nitro benzene ring substituents is 1. The number of amides is 1. The monoisotopic (exact) mass is 346 g/mol. The molecule has 1 N–H and O–H groups in total. The summed E-state index contributed by atoms with van der Waals surface area (Å²) in [6.45, 7) is 0. The number of carbonyl (C=O) groups is 1. The van der Waals surface area contributed by atoms with E-state index < -0.39 is 10.3 Å². The van der Waals surface area contributed by atoms with E-state index >= 15 is 0 Å². The summed E-state index contributed by atoms with van der Waals surface area (Å²) >= 11 is 1.59. The highest BCUT2D eigenvalue weighted by Crippen LogP contribution is 2.44. The molecule has 1 aromatic carbocycles. The van der Waals surface area contributed by atoms with Crippen molar-refractivity contribution in [2.45, 2.75) is 31.1 Å². The van der Waals surface area contributed by atoms with Crippen LogP contribution in [0.2, 0.25) is 0 Å². The predicted molar refractivity (Wildman–Crippen MR) is 92.7 cm³/mol. The maximum Gasteiger partial charge on any atom is 0.273 e. The number of hydrogen-bond acceptors (Lipinski definition) is 5. The summed E-state index contributed by atoms with van der Waals surface area (Å²) in [5, 5.41) is 15.8. The fourth-order valence-corrected chi connectivity index (χ4v) is 4.24. The minimum atomic E-state index is -0.513. The summed E-state index contributed by atoms with van der Waals surface area (Å²) in [4.78, 5) is 24.5. The van der Waals surface area contributed by atoms with Crippen molar-refractivity contribution in [3.63, 3.8) is 0 Å². The highest BCUT2D eigenvalue weighted by molar-refractivity contribution is 7.10. The summed E-state index contributed by atoms with van der Waals surface area (Å²) in [6.07, 6.45) is 3.66. The van der Waals surface area contributed by atoms with Gasteiger partial charge in [0.05, 0.1) is 29.2 Å². The molecule has 2 aromatic rings. The average Bonchev–Trinajstić information content (AvgIpc) is 3.26. The Balaban J connectivity index is 1.90. The fourth-order valence-electron chi connectivity index (χ4n) is 3.25. The van der Waals surface area contributed by atoms with E-state index in [1.54, 1.807) is 11.3 Å². The van der Waals surface area contributed by atoms with E-state index in [2.05, 4.69) is 5.32 Å². The average molecular weight is 346 g/mol. The normalized spacial score (nSPS) is 15.9. The van der Waals surface area contributed by atoms with Gasteiger partial charge in [0.1, 0.15) is 5.75 Å². The maximum absolute atomic E-state index is 13.0. The van der Waals surface area contributed by atoms with Gasteiger partial charge >= 0.3 is 0 Å². The molecule has 1 fully saturated rings. The molecule has 6 nitrogen and oxygen atoms in total. The number of nitro groups is 1. The van der Waals surface area contributed by atoms with Crippen LogP contribution < -0.4 is 10.1 Å². The molecule has 3 rings (SSSR count). The van der Waals surface area contributed by atoms with Crippen LogP contribution in [0.25, 0.3) is 0 Å². The number of ether oxygens (including phenoxy) is 1. The molecule has 0 radical (unpaired) electrons. The zero-order valence-electron chi connectivity index (χ0n) is 13.3. The van der Waals surface area contributed by atoms with Crippen molar-refractivity contribution in [2.24, 2.45) is 0 Å². The Kier molecular flexibility index (Phi) is 4.53. The van der Waals surface area contributed by atoms with Crippen LogP contribution in [0.1, 0.15) is 30.6 Å². The van der Waals surface area contributed by atoms with E-state index in [4.69, 9.17) is 4.74 Å². The first-order chi connectivity index (χ1) is 11.6. The predicted octanol–water partition coefficient (Wildman–Crippen LogP) is 4.12. The summed E-state index contributed by atoms with van der Waals surface area (Å²) in [7, 11) is 1.43. The number of anilines is 1. The number of carbonyl (C=O) groups excluding carboxylic acids is 1.